The maximum atomic E-state index is 8.98. The van der Waals surface area contributed by atoms with Crippen molar-refractivity contribution in [2.45, 2.75) is 20.8 Å². The minimum atomic E-state index is -0.444. The van der Waals surface area contributed by atoms with Crippen molar-refractivity contribution in [3.05, 3.63) is 42.5 Å². The van der Waals surface area contributed by atoms with Gasteiger partial charge in [-0.3, -0.25) is 0 Å². The zero-order valence-electron chi connectivity index (χ0n) is 13.0. The van der Waals surface area contributed by atoms with Crippen LogP contribution < -0.4 is 5.46 Å². The van der Waals surface area contributed by atoms with Crippen LogP contribution in [-0.2, 0) is 9.31 Å². The van der Waals surface area contributed by atoms with E-state index in [1.165, 1.54) is 5.39 Å². The number of hydrogen-bond acceptors (Lipinski definition) is 3. The fraction of sp³-hybridized carbons (Fsp3) is 0.412. The van der Waals surface area contributed by atoms with Gasteiger partial charge >= 0.3 is 7.12 Å². The second-order valence-electron chi connectivity index (χ2n) is 6.40. The maximum absolute atomic E-state index is 8.98. The van der Waals surface area contributed by atoms with Crippen LogP contribution in [0, 0.1) is 5.41 Å². The molecular formula is C17H23BO3. The van der Waals surface area contributed by atoms with E-state index in [9.17, 15) is 0 Å². The second kappa shape index (κ2) is 7.07. The van der Waals surface area contributed by atoms with Crippen LogP contribution in [0.4, 0.5) is 0 Å². The van der Waals surface area contributed by atoms with Crippen LogP contribution in [0.2, 0.25) is 0 Å². The van der Waals surface area contributed by atoms with Gasteiger partial charge in [-0.1, -0.05) is 63.2 Å². The molecule has 0 heterocycles. The zero-order chi connectivity index (χ0) is 15.3. The molecule has 3 nitrogen and oxygen atoms in total. The van der Waals surface area contributed by atoms with Crippen LogP contribution in [0.25, 0.3) is 10.8 Å². The first-order chi connectivity index (χ1) is 9.99. The first kappa shape index (κ1) is 16.0. The molecule has 0 atom stereocenters. The molecule has 0 aliphatic rings. The van der Waals surface area contributed by atoms with Crippen LogP contribution in [0.3, 0.4) is 0 Å². The van der Waals surface area contributed by atoms with Crippen molar-refractivity contribution in [3.8, 4) is 0 Å². The first-order valence-electron chi connectivity index (χ1n) is 7.32. The van der Waals surface area contributed by atoms with Gasteiger partial charge in [0.1, 0.15) is 0 Å². The Morgan fingerprint density at radius 1 is 1.00 bits per heavy atom. The van der Waals surface area contributed by atoms with E-state index in [0.717, 1.165) is 10.8 Å². The van der Waals surface area contributed by atoms with Gasteiger partial charge < -0.3 is 14.4 Å². The Balaban J connectivity index is 2.20. The number of benzene rings is 2. The molecule has 1 N–H and O–H groups in total. The second-order valence-corrected chi connectivity index (χ2v) is 6.40. The number of aliphatic hydroxyl groups excluding tert-OH is 1. The molecule has 0 aromatic heterocycles. The molecule has 0 saturated heterocycles. The van der Waals surface area contributed by atoms with Crippen LogP contribution in [0.15, 0.2) is 42.5 Å². The number of fused-ring (bicyclic) bond motifs is 1. The maximum Gasteiger partial charge on any atom is 0.493 e. The summed E-state index contributed by atoms with van der Waals surface area (Å²) in [6.07, 6.45) is 0. The van der Waals surface area contributed by atoms with E-state index in [4.69, 9.17) is 14.4 Å². The summed E-state index contributed by atoms with van der Waals surface area (Å²) in [4.78, 5) is 0. The third-order valence-corrected chi connectivity index (χ3v) is 3.07. The van der Waals surface area contributed by atoms with Crippen molar-refractivity contribution in [1.29, 1.82) is 0 Å². The minimum Gasteiger partial charge on any atom is -0.407 e. The van der Waals surface area contributed by atoms with Crippen LogP contribution in [0.5, 0.6) is 0 Å². The third kappa shape index (κ3) is 4.85. The van der Waals surface area contributed by atoms with Gasteiger partial charge in [-0.2, -0.15) is 0 Å². The highest BCUT2D eigenvalue weighted by molar-refractivity contribution is 6.61. The van der Waals surface area contributed by atoms with Gasteiger partial charge in [-0.15, -0.1) is 0 Å². The minimum absolute atomic E-state index is 0.0110. The van der Waals surface area contributed by atoms with E-state index < -0.39 is 7.12 Å². The highest BCUT2D eigenvalue weighted by atomic mass is 16.6. The molecular weight excluding hydrogens is 263 g/mol. The Hall–Kier alpha value is -1.36. The molecule has 112 valence electrons. The van der Waals surface area contributed by atoms with E-state index >= 15 is 0 Å². The molecule has 0 bridgehead atoms. The summed E-state index contributed by atoms with van der Waals surface area (Å²) in [6.45, 7) is 7.21. The van der Waals surface area contributed by atoms with Gasteiger partial charge in [0.05, 0.1) is 13.2 Å². The van der Waals surface area contributed by atoms with Crippen molar-refractivity contribution in [1.82, 2.24) is 0 Å². The SMILES string of the molecule is CC(C)(C)COB(OCCO)c1ccc2ccccc2c1. The van der Waals surface area contributed by atoms with Crippen LogP contribution in [0.1, 0.15) is 20.8 Å². The average Bonchev–Trinajstić information content (AvgIpc) is 2.46. The largest absolute Gasteiger partial charge is 0.493 e. The van der Waals surface area contributed by atoms with E-state index in [1.807, 2.05) is 18.2 Å². The van der Waals surface area contributed by atoms with Crippen molar-refractivity contribution < 1.29 is 14.4 Å². The summed E-state index contributed by atoms with van der Waals surface area (Å²) in [7, 11) is -0.444. The zero-order valence-corrected chi connectivity index (χ0v) is 13.0. The van der Waals surface area contributed by atoms with Crippen molar-refractivity contribution in [3.63, 3.8) is 0 Å². The Morgan fingerprint density at radius 2 is 1.71 bits per heavy atom. The van der Waals surface area contributed by atoms with E-state index in [-0.39, 0.29) is 18.6 Å². The van der Waals surface area contributed by atoms with Gasteiger partial charge in [0, 0.05) is 6.61 Å². The lowest BCUT2D eigenvalue weighted by Crippen LogP contribution is -2.39. The molecule has 2 aromatic rings. The van der Waals surface area contributed by atoms with Crippen LogP contribution in [-0.4, -0.2) is 32.0 Å². The molecule has 0 spiro atoms. The topological polar surface area (TPSA) is 38.7 Å². The van der Waals surface area contributed by atoms with E-state index in [2.05, 4.69) is 45.0 Å². The summed E-state index contributed by atoms with van der Waals surface area (Å²) in [6, 6.07) is 14.4. The Kier molecular flexibility index (Phi) is 5.40. The fourth-order valence-corrected chi connectivity index (χ4v) is 2.08. The molecule has 0 saturated carbocycles. The summed E-state index contributed by atoms with van der Waals surface area (Å²) in [5.41, 5.74) is 1.05. The first-order valence-corrected chi connectivity index (χ1v) is 7.32. The van der Waals surface area contributed by atoms with Crippen molar-refractivity contribution in [2.24, 2.45) is 5.41 Å². The standard InChI is InChI=1S/C17H23BO3/c1-17(2,3)13-21-18(20-11-10-19)16-9-8-14-6-4-5-7-15(14)12-16/h4-9,12,19H,10-11,13H2,1-3H3. The van der Waals surface area contributed by atoms with Crippen molar-refractivity contribution in [2.75, 3.05) is 19.8 Å². The molecule has 0 radical (unpaired) electrons. The van der Waals surface area contributed by atoms with Gasteiger partial charge in [-0.05, 0) is 21.7 Å². The third-order valence-electron chi connectivity index (χ3n) is 3.07. The fourth-order valence-electron chi connectivity index (χ4n) is 2.08. The monoisotopic (exact) mass is 286 g/mol. The highest BCUT2D eigenvalue weighted by Crippen LogP contribution is 2.15. The summed E-state index contributed by atoms with van der Waals surface area (Å²) < 4.78 is 11.6. The Bertz CT molecular complexity index is 578. The van der Waals surface area contributed by atoms with E-state index in [0.29, 0.717) is 6.61 Å². The molecule has 0 unspecified atom stereocenters. The van der Waals surface area contributed by atoms with E-state index in [1.54, 1.807) is 0 Å². The van der Waals surface area contributed by atoms with Gasteiger partial charge in [0.25, 0.3) is 0 Å². The average molecular weight is 286 g/mol. The molecule has 2 aromatic carbocycles. The number of aliphatic hydroxyl groups is 1. The quantitative estimate of drug-likeness (QED) is 0.830. The lowest BCUT2D eigenvalue weighted by Gasteiger charge is -2.22. The molecule has 0 fully saturated rings. The predicted molar refractivity (Wildman–Crippen MR) is 87.8 cm³/mol. The predicted octanol–water partition coefficient (Wildman–Crippen LogP) is 2.61. The highest BCUT2D eigenvalue weighted by Gasteiger charge is 2.24. The van der Waals surface area contributed by atoms with Crippen LogP contribution >= 0.6 is 0 Å². The Morgan fingerprint density at radius 3 is 2.38 bits per heavy atom. The van der Waals surface area contributed by atoms with Gasteiger partial charge in [0.2, 0.25) is 0 Å². The van der Waals surface area contributed by atoms with Crippen molar-refractivity contribution >= 4 is 23.4 Å². The number of rotatable bonds is 6. The lowest BCUT2D eigenvalue weighted by atomic mass is 9.77. The summed E-state index contributed by atoms with van der Waals surface area (Å²) in [5.74, 6) is 0. The molecule has 0 amide bonds. The Labute approximate surface area is 127 Å². The molecule has 21 heavy (non-hydrogen) atoms. The van der Waals surface area contributed by atoms with Gasteiger partial charge in [-0.25, -0.2) is 0 Å². The lowest BCUT2D eigenvalue weighted by molar-refractivity contribution is 0.129. The van der Waals surface area contributed by atoms with Gasteiger partial charge in [0.15, 0.2) is 0 Å². The number of hydrogen-bond donors (Lipinski definition) is 1. The molecule has 0 aliphatic carbocycles. The summed E-state index contributed by atoms with van der Waals surface area (Å²) in [5, 5.41) is 11.3. The molecule has 0 aliphatic heterocycles. The molecule has 2 rings (SSSR count). The smallest absolute Gasteiger partial charge is 0.407 e. The normalized spacial score (nSPS) is 11.8. The summed E-state index contributed by atoms with van der Waals surface area (Å²) >= 11 is 0. The molecule has 4 heteroatoms.